The number of nitrogens with one attached hydrogen (secondary N) is 1. The topological polar surface area (TPSA) is 49.3 Å². The molecule has 0 amide bonds. The Balaban J connectivity index is 2.51. The summed E-state index contributed by atoms with van der Waals surface area (Å²) in [7, 11) is 0. The van der Waals surface area contributed by atoms with Gasteiger partial charge in [-0.05, 0) is 37.0 Å². The first-order chi connectivity index (χ1) is 8.67. The van der Waals surface area contributed by atoms with Crippen molar-refractivity contribution in [2.45, 2.75) is 52.0 Å². The Hall–Kier alpha value is -1.51. The molecular formula is C15H23NO2. The number of hydrogen-bond donors (Lipinski definition) is 2. The lowest BCUT2D eigenvalue weighted by molar-refractivity contribution is -0.137. The fourth-order valence-corrected chi connectivity index (χ4v) is 1.89. The van der Waals surface area contributed by atoms with Crippen molar-refractivity contribution in [1.82, 2.24) is 0 Å². The average Bonchev–Trinajstić information content (AvgIpc) is 2.37. The van der Waals surface area contributed by atoms with Gasteiger partial charge in [0.2, 0.25) is 0 Å². The SMILES string of the molecule is CCCCCc1ccc(NC(CC)C(=O)O)cc1. The van der Waals surface area contributed by atoms with Gasteiger partial charge in [-0.3, -0.25) is 0 Å². The molecule has 0 radical (unpaired) electrons. The van der Waals surface area contributed by atoms with Crippen LogP contribution in [0.1, 0.15) is 45.1 Å². The van der Waals surface area contributed by atoms with Crippen LogP contribution in [0.15, 0.2) is 24.3 Å². The zero-order valence-corrected chi connectivity index (χ0v) is 11.3. The molecule has 0 aromatic heterocycles. The van der Waals surface area contributed by atoms with E-state index < -0.39 is 12.0 Å². The summed E-state index contributed by atoms with van der Waals surface area (Å²) in [6.45, 7) is 4.06. The van der Waals surface area contributed by atoms with Crippen LogP contribution in [0.2, 0.25) is 0 Å². The van der Waals surface area contributed by atoms with Gasteiger partial charge < -0.3 is 10.4 Å². The number of anilines is 1. The summed E-state index contributed by atoms with van der Waals surface area (Å²) in [5.41, 5.74) is 2.20. The normalized spacial score (nSPS) is 12.1. The van der Waals surface area contributed by atoms with Gasteiger partial charge >= 0.3 is 5.97 Å². The van der Waals surface area contributed by atoms with Gasteiger partial charge in [-0.1, -0.05) is 38.8 Å². The van der Waals surface area contributed by atoms with E-state index in [1.807, 2.05) is 19.1 Å². The van der Waals surface area contributed by atoms with Crippen LogP contribution in [0.25, 0.3) is 0 Å². The highest BCUT2D eigenvalue weighted by atomic mass is 16.4. The Bertz CT molecular complexity index is 359. The fourth-order valence-electron chi connectivity index (χ4n) is 1.89. The van der Waals surface area contributed by atoms with Gasteiger partial charge in [-0.15, -0.1) is 0 Å². The molecule has 2 N–H and O–H groups in total. The van der Waals surface area contributed by atoms with Crippen LogP contribution in [-0.2, 0) is 11.2 Å². The van der Waals surface area contributed by atoms with Crippen LogP contribution >= 0.6 is 0 Å². The summed E-state index contributed by atoms with van der Waals surface area (Å²) in [6, 6.07) is 7.58. The predicted octanol–water partition coefficient (Wildman–Crippen LogP) is 3.69. The number of carboxylic acids is 1. The Morgan fingerprint density at radius 1 is 1.22 bits per heavy atom. The molecule has 0 saturated heterocycles. The van der Waals surface area contributed by atoms with E-state index in [0.717, 1.165) is 12.1 Å². The minimum absolute atomic E-state index is 0.504. The maximum Gasteiger partial charge on any atom is 0.326 e. The number of rotatable bonds is 8. The molecule has 1 unspecified atom stereocenters. The monoisotopic (exact) mass is 249 g/mol. The van der Waals surface area contributed by atoms with Crippen LogP contribution in [0.5, 0.6) is 0 Å². The van der Waals surface area contributed by atoms with E-state index in [9.17, 15) is 4.79 Å². The van der Waals surface area contributed by atoms with E-state index in [0.29, 0.717) is 6.42 Å². The van der Waals surface area contributed by atoms with E-state index in [1.54, 1.807) is 0 Å². The van der Waals surface area contributed by atoms with Gasteiger partial charge in [0.25, 0.3) is 0 Å². The molecule has 0 saturated carbocycles. The van der Waals surface area contributed by atoms with Crippen molar-refractivity contribution in [3.63, 3.8) is 0 Å². The third-order valence-electron chi connectivity index (χ3n) is 3.07. The molecule has 1 aromatic rings. The smallest absolute Gasteiger partial charge is 0.326 e. The Kier molecular flexibility index (Phi) is 6.26. The highest BCUT2D eigenvalue weighted by Gasteiger charge is 2.13. The van der Waals surface area contributed by atoms with Crippen LogP contribution in [-0.4, -0.2) is 17.1 Å². The molecule has 18 heavy (non-hydrogen) atoms. The molecule has 1 atom stereocenters. The average molecular weight is 249 g/mol. The third-order valence-corrected chi connectivity index (χ3v) is 3.07. The second kappa shape index (κ2) is 7.75. The first kappa shape index (κ1) is 14.6. The number of carboxylic acid groups (broad SMARTS) is 1. The lowest BCUT2D eigenvalue weighted by Gasteiger charge is -2.13. The molecule has 1 aromatic carbocycles. The van der Waals surface area contributed by atoms with Crippen LogP contribution in [0, 0.1) is 0 Å². The van der Waals surface area contributed by atoms with Crippen molar-refractivity contribution >= 4 is 11.7 Å². The number of benzene rings is 1. The molecule has 100 valence electrons. The number of hydrogen-bond acceptors (Lipinski definition) is 2. The van der Waals surface area contributed by atoms with E-state index in [2.05, 4.69) is 24.4 Å². The lowest BCUT2D eigenvalue weighted by atomic mass is 10.1. The van der Waals surface area contributed by atoms with Crippen LogP contribution < -0.4 is 5.32 Å². The molecule has 0 spiro atoms. The number of carbonyl (C=O) groups is 1. The molecule has 0 fully saturated rings. The van der Waals surface area contributed by atoms with Crippen molar-refractivity contribution in [3.05, 3.63) is 29.8 Å². The first-order valence-corrected chi connectivity index (χ1v) is 6.75. The Morgan fingerprint density at radius 2 is 1.89 bits per heavy atom. The van der Waals surface area contributed by atoms with Gasteiger partial charge in [0.05, 0.1) is 0 Å². The zero-order chi connectivity index (χ0) is 13.4. The predicted molar refractivity (Wildman–Crippen MR) is 75.0 cm³/mol. The van der Waals surface area contributed by atoms with E-state index in [4.69, 9.17) is 5.11 Å². The minimum Gasteiger partial charge on any atom is -0.480 e. The van der Waals surface area contributed by atoms with E-state index in [-0.39, 0.29) is 0 Å². The second-order valence-electron chi connectivity index (χ2n) is 4.60. The molecule has 3 nitrogen and oxygen atoms in total. The highest BCUT2D eigenvalue weighted by molar-refractivity contribution is 5.77. The van der Waals surface area contributed by atoms with Gasteiger partial charge in [0.1, 0.15) is 6.04 Å². The largest absolute Gasteiger partial charge is 0.480 e. The fraction of sp³-hybridized carbons (Fsp3) is 0.533. The lowest BCUT2D eigenvalue weighted by Crippen LogP contribution is -2.28. The van der Waals surface area contributed by atoms with Crippen LogP contribution in [0.3, 0.4) is 0 Å². The highest BCUT2D eigenvalue weighted by Crippen LogP contribution is 2.14. The molecule has 3 heteroatoms. The summed E-state index contributed by atoms with van der Waals surface area (Å²) in [5.74, 6) is -0.801. The third kappa shape index (κ3) is 4.78. The van der Waals surface area contributed by atoms with Crippen molar-refractivity contribution in [2.24, 2.45) is 0 Å². The summed E-state index contributed by atoms with van der Waals surface area (Å²) in [5, 5.41) is 12.0. The molecule has 1 rings (SSSR count). The quantitative estimate of drug-likeness (QED) is 0.691. The summed E-state index contributed by atoms with van der Waals surface area (Å²) in [6.07, 6.45) is 5.39. The molecule has 0 aliphatic heterocycles. The molecule has 0 aliphatic rings. The van der Waals surface area contributed by atoms with Crippen molar-refractivity contribution in [1.29, 1.82) is 0 Å². The number of unbranched alkanes of at least 4 members (excludes halogenated alkanes) is 2. The van der Waals surface area contributed by atoms with E-state index >= 15 is 0 Å². The van der Waals surface area contributed by atoms with Crippen LogP contribution in [0.4, 0.5) is 5.69 Å². The van der Waals surface area contributed by atoms with Crippen molar-refractivity contribution in [2.75, 3.05) is 5.32 Å². The van der Waals surface area contributed by atoms with E-state index in [1.165, 1.54) is 24.8 Å². The van der Waals surface area contributed by atoms with Gasteiger partial charge in [-0.25, -0.2) is 4.79 Å². The summed E-state index contributed by atoms with van der Waals surface area (Å²) in [4.78, 5) is 10.9. The number of aliphatic carboxylic acids is 1. The van der Waals surface area contributed by atoms with Gasteiger partial charge in [0.15, 0.2) is 0 Å². The van der Waals surface area contributed by atoms with Crippen molar-refractivity contribution in [3.8, 4) is 0 Å². The molecule has 0 heterocycles. The molecular weight excluding hydrogens is 226 g/mol. The number of aryl methyl sites for hydroxylation is 1. The Labute approximate surface area is 109 Å². The van der Waals surface area contributed by atoms with Gasteiger partial charge in [-0.2, -0.15) is 0 Å². The molecule has 0 aliphatic carbocycles. The second-order valence-corrected chi connectivity index (χ2v) is 4.60. The van der Waals surface area contributed by atoms with Crippen molar-refractivity contribution < 1.29 is 9.90 Å². The summed E-state index contributed by atoms with van der Waals surface area (Å²) < 4.78 is 0. The first-order valence-electron chi connectivity index (χ1n) is 6.75. The molecule has 0 bridgehead atoms. The summed E-state index contributed by atoms with van der Waals surface area (Å²) >= 11 is 0. The standard InChI is InChI=1S/C15H23NO2/c1-3-5-6-7-12-8-10-13(11-9-12)16-14(4-2)15(17)18/h8-11,14,16H,3-7H2,1-2H3,(H,17,18). The minimum atomic E-state index is -0.801. The zero-order valence-electron chi connectivity index (χ0n) is 11.3. The maximum atomic E-state index is 10.9. The van der Waals surface area contributed by atoms with Gasteiger partial charge in [0, 0.05) is 5.69 Å². The maximum absolute atomic E-state index is 10.9. The Morgan fingerprint density at radius 3 is 2.39 bits per heavy atom.